The first-order valence-electron chi connectivity index (χ1n) is 9.98. The topological polar surface area (TPSA) is 168 Å². The molecule has 3 rings (SSSR count). The number of hydrogen-bond donors (Lipinski definition) is 4. The summed E-state index contributed by atoms with van der Waals surface area (Å²) in [7, 11) is 0. The maximum absolute atomic E-state index is 12.4. The van der Waals surface area contributed by atoms with Crippen LogP contribution in [0.4, 0.5) is 0 Å². The van der Waals surface area contributed by atoms with Gasteiger partial charge in [0.05, 0.1) is 0 Å². The number of amides is 4. The molecule has 3 heterocycles. The third kappa shape index (κ3) is 6.33. The Bertz CT molecular complexity index is 666. The number of nitrogens with one attached hydrogen (secondary N) is 4. The van der Waals surface area contributed by atoms with Gasteiger partial charge in [-0.2, -0.15) is 0 Å². The molecule has 3 aliphatic rings. The van der Waals surface area contributed by atoms with Gasteiger partial charge in [0.1, 0.15) is 6.54 Å². The molecule has 3 saturated heterocycles. The molecule has 12 nitrogen and oxygen atoms in total. The van der Waals surface area contributed by atoms with Gasteiger partial charge in [0.25, 0.3) is 0 Å². The lowest BCUT2D eigenvalue weighted by molar-refractivity contribution is -0.131. The van der Waals surface area contributed by atoms with Crippen LogP contribution in [-0.2, 0) is 19.2 Å². The molecule has 166 valence electrons. The minimum absolute atomic E-state index is 0.0892. The number of carbonyl (C=O) groups excluding carboxylic acids is 4. The quantitative estimate of drug-likeness (QED) is 0.216. The summed E-state index contributed by atoms with van der Waals surface area (Å²) in [5, 5.41) is 14.9. The SMILES string of the molecule is CC(=O)NCC1CC2(NC(=O)CN=[N+]=[N-])C[C@@H](CNC(C)=O)N1[C@@H](CNC(C)=O)C2. The van der Waals surface area contributed by atoms with Crippen LogP contribution >= 0.6 is 0 Å². The van der Waals surface area contributed by atoms with E-state index in [2.05, 4.69) is 36.2 Å². The number of carbonyl (C=O) groups is 4. The van der Waals surface area contributed by atoms with E-state index in [0.29, 0.717) is 38.9 Å². The Kier molecular flexibility index (Phi) is 8.01. The lowest BCUT2D eigenvalue weighted by atomic mass is 9.69. The number of rotatable bonds is 9. The molecule has 5 atom stereocenters. The van der Waals surface area contributed by atoms with Gasteiger partial charge >= 0.3 is 0 Å². The van der Waals surface area contributed by atoms with Crippen molar-refractivity contribution >= 4 is 23.6 Å². The largest absolute Gasteiger partial charge is 0.355 e. The van der Waals surface area contributed by atoms with Crippen LogP contribution in [0.15, 0.2) is 5.11 Å². The average Bonchev–Trinajstić information content (AvgIpc) is 2.67. The highest BCUT2D eigenvalue weighted by Gasteiger charge is 2.54. The van der Waals surface area contributed by atoms with Gasteiger partial charge in [-0.3, -0.25) is 24.1 Å². The van der Waals surface area contributed by atoms with Crippen LogP contribution < -0.4 is 21.3 Å². The Morgan fingerprint density at radius 1 is 0.900 bits per heavy atom. The average molecular weight is 422 g/mol. The summed E-state index contributed by atoms with van der Waals surface area (Å²) in [6.45, 7) is 5.18. The second-order valence-corrected chi connectivity index (χ2v) is 8.05. The summed E-state index contributed by atoms with van der Waals surface area (Å²) in [5.41, 5.74) is 7.90. The van der Waals surface area contributed by atoms with Gasteiger partial charge in [-0.15, -0.1) is 0 Å². The fourth-order valence-corrected chi connectivity index (χ4v) is 4.72. The Morgan fingerprint density at radius 2 is 1.30 bits per heavy atom. The van der Waals surface area contributed by atoms with Crippen LogP contribution in [-0.4, -0.2) is 78.4 Å². The Labute approximate surface area is 175 Å². The normalized spacial score (nSPS) is 29.3. The van der Waals surface area contributed by atoms with Gasteiger partial charge < -0.3 is 21.3 Å². The molecule has 0 aliphatic carbocycles. The predicted molar refractivity (Wildman–Crippen MR) is 108 cm³/mol. The first-order chi connectivity index (χ1) is 14.2. The molecule has 3 unspecified atom stereocenters. The van der Waals surface area contributed by atoms with E-state index in [1.54, 1.807) is 0 Å². The number of azide groups is 1. The molecule has 4 amide bonds. The fraction of sp³-hybridized carbons (Fsp3) is 0.778. The third-order valence-corrected chi connectivity index (χ3v) is 5.59. The molecule has 0 aromatic heterocycles. The van der Waals surface area contributed by atoms with Crippen LogP contribution in [0.5, 0.6) is 0 Å². The molecule has 30 heavy (non-hydrogen) atoms. The second-order valence-electron chi connectivity index (χ2n) is 8.05. The maximum Gasteiger partial charge on any atom is 0.226 e. The Balaban J connectivity index is 2.31. The predicted octanol–water partition coefficient (Wildman–Crippen LogP) is -0.835. The van der Waals surface area contributed by atoms with Crippen LogP contribution in [0, 0.1) is 0 Å². The molecule has 0 spiro atoms. The van der Waals surface area contributed by atoms with E-state index in [1.807, 2.05) is 0 Å². The van der Waals surface area contributed by atoms with Crippen molar-refractivity contribution in [1.29, 1.82) is 0 Å². The minimum atomic E-state index is -0.591. The van der Waals surface area contributed by atoms with Crippen molar-refractivity contribution in [3.63, 3.8) is 0 Å². The first-order valence-corrected chi connectivity index (χ1v) is 9.98. The highest BCUT2D eigenvalue weighted by Crippen LogP contribution is 2.42. The van der Waals surface area contributed by atoms with Crippen LogP contribution in [0.1, 0.15) is 40.0 Å². The Hall–Kier alpha value is -2.85. The zero-order valence-corrected chi connectivity index (χ0v) is 17.6. The number of nitrogens with zero attached hydrogens (tertiary/aromatic N) is 4. The summed E-state index contributed by atoms with van der Waals surface area (Å²) in [6, 6.07) is -0.268. The number of hydrogen-bond acceptors (Lipinski definition) is 6. The number of piperidine rings is 3. The molecule has 3 aliphatic heterocycles. The third-order valence-electron chi connectivity index (χ3n) is 5.59. The molecular formula is C18H30N8O4. The second kappa shape index (κ2) is 10.3. The minimum Gasteiger partial charge on any atom is -0.355 e. The van der Waals surface area contributed by atoms with E-state index in [4.69, 9.17) is 5.53 Å². The van der Waals surface area contributed by atoms with Crippen molar-refractivity contribution in [2.45, 2.75) is 63.7 Å². The van der Waals surface area contributed by atoms with Crippen molar-refractivity contribution in [3.05, 3.63) is 10.4 Å². The first kappa shape index (κ1) is 23.4. The summed E-state index contributed by atoms with van der Waals surface area (Å²) < 4.78 is 0. The summed E-state index contributed by atoms with van der Waals surface area (Å²) in [5.74, 6) is -0.847. The van der Waals surface area contributed by atoms with Gasteiger partial charge in [-0.1, -0.05) is 5.11 Å². The van der Waals surface area contributed by atoms with Crippen molar-refractivity contribution in [3.8, 4) is 0 Å². The van der Waals surface area contributed by atoms with E-state index < -0.39 is 5.54 Å². The molecular weight excluding hydrogens is 392 g/mol. The molecule has 3 fully saturated rings. The lowest BCUT2D eigenvalue weighted by Crippen LogP contribution is -2.75. The van der Waals surface area contributed by atoms with E-state index in [1.165, 1.54) is 20.8 Å². The maximum atomic E-state index is 12.4. The molecule has 4 N–H and O–H groups in total. The van der Waals surface area contributed by atoms with E-state index in [0.717, 1.165) is 0 Å². The zero-order chi connectivity index (χ0) is 22.3. The Morgan fingerprint density at radius 3 is 1.63 bits per heavy atom. The highest BCUT2D eigenvalue weighted by molar-refractivity contribution is 5.79. The van der Waals surface area contributed by atoms with Gasteiger partial charge in [0.15, 0.2) is 0 Å². The number of fused-ring (bicyclic) bond motifs is 3. The van der Waals surface area contributed by atoms with Crippen LogP contribution in [0.2, 0.25) is 0 Å². The summed E-state index contributed by atoms with van der Waals surface area (Å²) in [6.07, 6.45) is 1.80. The van der Waals surface area contributed by atoms with Crippen molar-refractivity contribution in [2.75, 3.05) is 26.2 Å². The monoisotopic (exact) mass is 422 g/mol. The molecule has 0 saturated carbocycles. The zero-order valence-electron chi connectivity index (χ0n) is 17.6. The molecule has 0 aromatic carbocycles. The standard InChI is InChI=1S/C18H30N8O4/c1-11(27)20-7-14-4-18(24-17(30)10-23-25-19)5-15(8-21-12(2)28)26(14)16(6-18)9-22-13(3)29/h14-16H,4-10H2,1-3H3,(H,20,27)(H,21,28)(H,22,29)(H,24,30)/t14-,15+,16?,18?. The molecule has 2 bridgehead atoms. The molecule has 0 aromatic rings. The van der Waals surface area contributed by atoms with Crippen molar-refractivity contribution < 1.29 is 19.2 Å². The van der Waals surface area contributed by atoms with Gasteiger partial charge in [0.2, 0.25) is 23.6 Å². The lowest BCUT2D eigenvalue weighted by Gasteiger charge is -2.60. The van der Waals surface area contributed by atoms with Crippen molar-refractivity contribution in [1.82, 2.24) is 26.2 Å². The fourth-order valence-electron chi connectivity index (χ4n) is 4.72. The van der Waals surface area contributed by atoms with Crippen molar-refractivity contribution in [2.24, 2.45) is 5.11 Å². The van der Waals surface area contributed by atoms with Gasteiger partial charge in [-0.25, -0.2) is 0 Å². The van der Waals surface area contributed by atoms with E-state index in [9.17, 15) is 19.2 Å². The van der Waals surface area contributed by atoms with E-state index in [-0.39, 0.29) is 48.3 Å². The highest BCUT2D eigenvalue weighted by atomic mass is 16.2. The molecule has 0 radical (unpaired) electrons. The molecule has 12 heteroatoms. The van der Waals surface area contributed by atoms with Crippen LogP contribution in [0.3, 0.4) is 0 Å². The van der Waals surface area contributed by atoms with Crippen LogP contribution in [0.25, 0.3) is 10.4 Å². The van der Waals surface area contributed by atoms with Gasteiger partial charge in [0, 0.05) is 69.0 Å². The summed E-state index contributed by atoms with van der Waals surface area (Å²) in [4.78, 5) is 51.7. The van der Waals surface area contributed by atoms with E-state index >= 15 is 0 Å². The summed E-state index contributed by atoms with van der Waals surface area (Å²) >= 11 is 0. The van der Waals surface area contributed by atoms with Gasteiger partial charge in [-0.05, 0) is 24.8 Å². The smallest absolute Gasteiger partial charge is 0.226 e.